The molecule has 3 aromatic carbocycles. The third-order valence-electron chi connectivity index (χ3n) is 6.12. The Morgan fingerprint density at radius 1 is 0.892 bits per heavy atom. The van der Waals surface area contributed by atoms with Gasteiger partial charge in [-0.25, -0.2) is 8.42 Å². The summed E-state index contributed by atoms with van der Waals surface area (Å²) >= 11 is 0. The Kier molecular flexibility index (Phi) is 9.04. The summed E-state index contributed by atoms with van der Waals surface area (Å²) in [7, 11) is 0.414. The number of rotatable bonds is 11. The van der Waals surface area contributed by atoms with Crippen LogP contribution < -0.4 is 23.8 Å². The van der Waals surface area contributed by atoms with E-state index < -0.39 is 22.5 Å². The highest BCUT2D eigenvalue weighted by molar-refractivity contribution is 7.92. The number of hydrogen-bond donors (Lipinski definition) is 1. The molecule has 0 aliphatic carbocycles. The molecule has 0 aliphatic heterocycles. The molecule has 3 aromatic rings. The number of methoxy groups -OCH3 is 3. The zero-order valence-corrected chi connectivity index (χ0v) is 22.9. The van der Waals surface area contributed by atoms with Gasteiger partial charge in [0.25, 0.3) is 10.0 Å². The molecule has 0 saturated carbocycles. The molecule has 1 N–H and O–H groups in total. The highest BCUT2D eigenvalue weighted by atomic mass is 32.2. The number of ether oxygens (including phenoxy) is 3. The number of aryl methyl sites for hydroxylation is 2. The van der Waals surface area contributed by atoms with E-state index in [0.717, 1.165) is 26.7 Å². The molecule has 3 rings (SSSR count). The maximum atomic E-state index is 13.8. The first-order chi connectivity index (χ1) is 17.6. The number of benzene rings is 3. The van der Waals surface area contributed by atoms with Gasteiger partial charge in [-0.1, -0.05) is 36.8 Å². The van der Waals surface area contributed by atoms with Crippen molar-refractivity contribution < 1.29 is 27.4 Å². The second-order valence-electron chi connectivity index (χ2n) is 8.62. The molecule has 1 amide bonds. The van der Waals surface area contributed by atoms with Crippen LogP contribution >= 0.6 is 0 Å². The normalized spacial score (nSPS) is 11.9. The Morgan fingerprint density at radius 2 is 1.54 bits per heavy atom. The van der Waals surface area contributed by atoms with Gasteiger partial charge in [0.15, 0.2) is 0 Å². The number of carbonyl (C=O) groups is 1. The lowest BCUT2D eigenvalue weighted by atomic mass is 10.0. The van der Waals surface area contributed by atoms with E-state index in [9.17, 15) is 13.2 Å². The van der Waals surface area contributed by atoms with E-state index in [2.05, 4.69) is 5.32 Å². The first kappa shape index (κ1) is 27.9. The fourth-order valence-corrected chi connectivity index (χ4v) is 5.46. The Hall–Kier alpha value is -3.72. The van der Waals surface area contributed by atoms with Crippen molar-refractivity contribution in [1.82, 2.24) is 5.32 Å². The van der Waals surface area contributed by atoms with Crippen molar-refractivity contribution in [2.45, 2.75) is 38.1 Å². The third kappa shape index (κ3) is 6.35. The molecule has 8 nitrogen and oxygen atoms in total. The monoisotopic (exact) mass is 526 g/mol. The highest BCUT2D eigenvalue weighted by Gasteiger charge is 2.30. The van der Waals surface area contributed by atoms with Gasteiger partial charge in [-0.05, 0) is 61.7 Å². The Bertz CT molecular complexity index is 1340. The molecule has 0 bridgehead atoms. The third-order valence-corrected chi connectivity index (χ3v) is 7.89. The minimum atomic E-state index is -4.13. The summed E-state index contributed by atoms with van der Waals surface area (Å²) in [5.41, 5.74) is 2.96. The average molecular weight is 527 g/mol. The van der Waals surface area contributed by atoms with Crippen LogP contribution in [0.25, 0.3) is 0 Å². The summed E-state index contributed by atoms with van der Waals surface area (Å²) in [6.45, 7) is 5.31. The van der Waals surface area contributed by atoms with Crippen molar-refractivity contribution in [2.24, 2.45) is 0 Å². The van der Waals surface area contributed by atoms with Gasteiger partial charge in [-0.3, -0.25) is 9.10 Å². The maximum absolute atomic E-state index is 13.8. The SMILES string of the molecule is CC[C@H](NC(=O)CN(c1cc(OC)ccc1OC)S(=O)(=O)c1ccc(C)cc1)c1ccc(OC)c(C)c1. The molecule has 198 valence electrons. The van der Waals surface area contributed by atoms with E-state index in [4.69, 9.17) is 14.2 Å². The predicted octanol–water partition coefficient (Wildman–Crippen LogP) is 4.79. The van der Waals surface area contributed by atoms with Crippen LogP contribution in [0.3, 0.4) is 0 Å². The van der Waals surface area contributed by atoms with Gasteiger partial charge in [-0.2, -0.15) is 0 Å². The molecule has 1 atom stereocenters. The fraction of sp³-hybridized carbons (Fsp3) is 0.321. The number of nitrogens with one attached hydrogen (secondary N) is 1. The van der Waals surface area contributed by atoms with Crippen molar-refractivity contribution in [3.05, 3.63) is 77.4 Å². The van der Waals surface area contributed by atoms with Crippen molar-refractivity contribution in [3.8, 4) is 17.2 Å². The van der Waals surface area contributed by atoms with Gasteiger partial charge >= 0.3 is 0 Å². The summed E-state index contributed by atoms with van der Waals surface area (Å²) in [6.07, 6.45) is 0.616. The Morgan fingerprint density at radius 3 is 2.11 bits per heavy atom. The van der Waals surface area contributed by atoms with Crippen LogP contribution in [0, 0.1) is 13.8 Å². The van der Waals surface area contributed by atoms with Crippen LogP contribution in [0.1, 0.15) is 36.1 Å². The highest BCUT2D eigenvalue weighted by Crippen LogP contribution is 2.36. The van der Waals surface area contributed by atoms with Gasteiger partial charge in [-0.15, -0.1) is 0 Å². The van der Waals surface area contributed by atoms with Crippen molar-refractivity contribution in [3.63, 3.8) is 0 Å². The lowest BCUT2D eigenvalue weighted by molar-refractivity contribution is -0.120. The molecule has 0 aliphatic rings. The van der Waals surface area contributed by atoms with Crippen LogP contribution in [0.2, 0.25) is 0 Å². The number of carbonyl (C=O) groups excluding carboxylic acids is 1. The van der Waals surface area contributed by atoms with Gasteiger partial charge in [0.1, 0.15) is 23.8 Å². The molecule has 37 heavy (non-hydrogen) atoms. The predicted molar refractivity (Wildman–Crippen MR) is 144 cm³/mol. The quantitative estimate of drug-likeness (QED) is 0.386. The first-order valence-corrected chi connectivity index (χ1v) is 13.3. The first-order valence-electron chi connectivity index (χ1n) is 11.9. The number of anilines is 1. The van der Waals surface area contributed by atoms with E-state index in [1.54, 1.807) is 37.4 Å². The lowest BCUT2D eigenvalue weighted by Crippen LogP contribution is -2.42. The molecule has 0 radical (unpaired) electrons. The van der Waals surface area contributed by atoms with Crippen LogP contribution in [-0.4, -0.2) is 42.2 Å². The van der Waals surface area contributed by atoms with Crippen LogP contribution in [0.5, 0.6) is 17.2 Å². The smallest absolute Gasteiger partial charge is 0.264 e. The van der Waals surface area contributed by atoms with Crippen molar-refractivity contribution in [2.75, 3.05) is 32.2 Å². The minimum absolute atomic E-state index is 0.0635. The van der Waals surface area contributed by atoms with Crippen LogP contribution in [0.15, 0.2) is 65.6 Å². The Labute approximate surface area is 219 Å². The van der Waals surface area contributed by atoms with Gasteiger partial charge < -0.3 is 19.5 Å². The Balaban J connectivity index is 2.00. The lowest BCUT2D eigenvalue weighted by Gasteiger charge is -2.27. The fourth-order valence-electron chi connectivity index (χ4n) is 4.04. The molecule has 0 heterocycles. The summed E-state index contributed by atoms with van der Waals surface area (Å²) in [6, 6.07) is 16.7. The largest absolute Gasteiger partial charge is 0.497 e. The average Bonchev–Trinajstić information content (AvgIpc) is 2.90. The number of hydrogen-bond acceptors (Lipinski definition) is 6. The molecule has 9 heteroatoms. The van der Waals surface area contributed by atoms with Gasteiger partial charge in [0, 0.05) is 6.07 Å². The van der Waals surface area contributed by atoms with Gasteiger partial charge in [0.2, 0.25) is 5.91 Å². The van der Waals surface area contributed by atoms with E-state index in [1.165, 1.54) is 26.4 Å². The number of nitrogens with zero attached hydrogens (tertiary/aromatic N) is 1. The zero-order chi connectivity index (χ0) is 27.2. The standard InChI is InChI=1S/C28H34N2O6S/c1-7-24(21-10-14-26(35-5)20(3)16-21)29-28(31)18-30(25-17-22(34-4)11-15-27(25)36-6)37(32,33)23-12-8-19(2)9-13-23/h8-17,24H,7,18H2,1-6H3,(H,29,31)/t24-/m0/s1. The summed E-state index contributed by atoms with van der Waals surface area (Å²) in [5.74, 6) is 1.02. The summed E-state index contributed by atoms with van der Waals surface area (Å²) in [4.78, 5) is 13.4. The second kappa shape index (κ2) is 12.0. The summed E-state index contributed by atoms with van der Waals surface area (Å²) < 4.78 is 44.8. The molecule has 0 fully saturated rings. The van der Waals surface area contributed by atoms with E-state index in [0.29, 0.717) is 17.9 Å². The molecule has 0 saturated heterocycles. The zero-order valence-electron chi connectivity index (χ0n) is 22.1. The molecule has 0 unspecified atom stereocenters. The van der Waals surface area contributed by atoms with E-state index in [1.807, 2.05) is 39.0 Å². The van der Waals surface area contributed by atoms with Crippen molar-refractivity contribution >= 4 is 21.6 Å². The van der Waals surface area contributed by atoms with Gasteiger partial charge in [0.05, 0.1) is 38.0 Å². The minimum Gasteiger partial charge on any atom is -0.497 e. The molecule has 0 spiro atoms. The summed E-state index contributed by atoms with van der Waals surface area (Å²) in [5, 5.41) is 2.99. The number of sulfonamides is 1. The topological polar surface area (TPSA) is 94.2 Å². The molecule has 0 aromatic heterocycles. The molecular weight excluding hydrogens is 492 g/mol. The van der Waals surface area contributed by atoms with E-state index >= 15 is 0 Å². The number of amides is 1. The van der Waals surface area contributed by atoms with Crippen LogP contribution in [0.4, 0.5) is 5.69 Å². The van der Waals surface area contributed by atoms with Crippen LogP contribution in [-0.2, 0) is 14.8 Å². The van der Waals surface area contributed by atoms with E-state index in [-0.39, 0.29) is 16.6 Å². The molecular formula is C28H34N2O6S. The van der Waals surface area contributed by atoms with Crippen molar-refractivity contribution in [1.29, 1.82) is 0 Å². The second-order valence-corrected chi connectivity index (χ2v) is 10.5. The maximum Gasteiger partial charge on any atom is 0.264 e.